The number of pyridine rings is 1. The van der Waals surface area contributed by atoms with Gasteiger partial charge in [0.05, 0.1) is 11.3 Å². The average Bonchev–Trinajstić information content (AvgIpc) is 3.17. The Morgan fingerprint density at radius 1 is 0.963 bits per heavy atom. The molecule has 2 aromatic carbocycles. The standard InChI is InChI=1S/C22H18N4O/c1-16-9-11-18(12-10-16)24-22(27)20-15-26(19-7-3-2-4-8-19)25-21(20)17-6-5-13-23-14-17/h2-15H,1H3,(H,24,27). The van der Waals surface area contributed by atoms with Crippen LogP contribution in [-0.2, 0) is 0 Å². The van der Waals surface area contributed by atoms with Gasteiger partial charge in [0.1, 0.15) is 5.69 Å². The molecule has 0 aliphatic rings. The molecule has 0 atom stereocenters. The zero-order valence-corrected chi connectivity index (χ0v) is 14.8. The number of benzene rings is 2. The number of rotatable bonds is 4. The van der Waals surface area contributed by atoms with Gasteiger partial charge in [0, 0.05) is 29.8 Å². The number of nitrogens with one attached hydrogen (secondary N) is 1. The summed E-state index contributed by atoms with van der Waals surface area (Å²) in [6, 6.07) is 21.1. The van der Waals surface area contributed by atoms with Crippen molar-refractivity contribution in [1.29, 1.82) is 0 Å². The summed E-state index contributed by atoms with van der Waals surface area (Å²) in [5.41, 5.74) is 4.65. The van der Waals surface area contributed by atoms with Crippen LogP contribution in [0.2, 0.25) is 0 Å². The Balaban J connectivity index is 1.74. The van der Waals surface area contributed by atoms with E-state index in [1.54, 1.807) is 23.3 Å². The van der Waals surface area contributed by atoms with Crippen molar-refractivity contribution in [3.05, 3.63) is 96.4 Å². The topological polar surface area (TPSA) is 59.8 Å². The minimum atomic E-state index is -0.208. The summed E-state index contributed by atoms with van der Waals surface area (Å²) in [5.74, 6) is -0.208. The van der Waals surface area contributed by atoms with Crippen LogP contribution in [0.3, 0.4) is 0 Å². The lowest BCUT2D eigenvalue weighted by Crippen LogP contribution is -2.12. The molecule has 132 valence electrons. The molecule has 0 radical (unpaired) electrons. The number of aryl methyl sites for hydroxylation is 1. The van der Waals surface area contributed by atoms with Crippen LogP contribution in [0.15, 0.2) is 85.3 Å². The van der Waals surface area contributed by atoms with Crippen LogP contribution in [0.5, 0.6) is 0 Å². The molecule has 0 spiro atoms. The van der Waals surface area contributed by atoms with Crippen molar-refractivity contribution in [2.24, 2.45) is 0 Å². The third kappa shape index (κ3) is 3.62. The van der Waals surface area contributed by atoms with E-state index in [1.165, 1.54) is 0 Å². The smallest absolute Gasteiger partial charge is 0.259 e. The summed E-state index contributed by atoms with van der Waals surface area (Å²) in [6.45, 7) is 2.01. The molecule has 5 heteroatoms. The number of para-hydroxylation sites is 1. The van der Waals surface area contributed by atoms with Crippen LogP contribution >= 0.6 is 0 Å². The minimum absolute atomic E-state index is 0.208. The molecule has 0 aliphatic carbocycles. The molecule has 0 bridgehead atoms. The number of amides is 1. The van der Waals surface area contributed by atoms with Crippen LogP contribution < -0.4 is 5.32 Å². The van der Waals surface area contributed by atoms with Gasteiger partial charge in [-0.25, -0.2) is 4.68 Å². The van der Waals surface area contributed by atoms with E-state index in [1.807, 2.05) is 73.7 Å². The van der Waals surface area contributed by atoms with E-state index in [0.717, 1.165) is 22.5 Å². The number of hydrogen-bond donors (Lipinski definition) is 1. The molecule has 2 heterocycles. The third-order valence-electron chi connectivity index (χ3n) is 4.22. The van der Waals surface area contributed by atoms with Gasteiger partial charge in [-0.3, -0.25) is 9.78 Å². The van der Waals surface area contributed by atoms with Crippen molar-refractivity contribution in [1.82, 2.24) is 14.8 Å². The summed E-state index contributed by atoms with van der Waals surface area (Å²) in [4.78, 5) is 17.1. The second-order valence-electron chi connectivity index (χ2n) is 6.23. The number of carbonyl (C=O) groups is 1. The van der Waals surface area contributed by atoms with Gasteiger partial charge >= 0.3 is 0 Å². The predicted molar refractivity (Wildman–Crippen MR) is 106 cm³/mol. The van der Waals surface area contributed by atoms with E-state index in [0.29, 0.717) is 11.3 Å². The Bertz CT molecular complexity index is 1050. The van der Waals surface area contributed by atoms with Gasteiger partial charge < -0.3 is 5.32 Å². The van der Waals surface area contributed by atoms with E-state index in [9.17, 15) is 4.79 Å². The van der Waals surface area contributed by atoms with E-state index >= 15 is 0 Å². The summed E-state index contributed by atoms with van der Waals surface area (Å²) in [7, 11) is 0. The predicted octanol–water partition coefficient (Wildman–Crippen LogP) is 4.50. The Morgan fingerprint density at radius 2 is 1.74 bits per heavy atom. The highest BCUT2D eigenvalue weighted by Crippen LogP contribution is 2.24. The summed E-state index contributed by atoms with van der Waals surface area (Å²) in [5, 5.41) is 7.59. The second-order valence-corrected chi connectivity index (χ2v) is 6.23. The molecule has 0 saturated heterocycles. The van der Waals surface area contributed by atoms with Crippen LogP contribution in [0.4, 0.5) is 5.69 Å². The van der Waals surface area contributed by atoms with E-state index < -0.39 is 0 Å². The molecule has 1 N–H and O–H groups in total. The first-order valence-electron chi connectivity index (χ1n) is 8.64. The highest BCUT2D eigenvalue weighted by molar-refractivity contribution is 6.08. The molecule has 0 aliphatic heterocycles. The van der Waals surface area contributed by atoms with Gasteiger partial charge in [-0.05, 0) is 43.3 Å². The van der Waals surface area contributed by atoms with Crippen LogP contribution in [0.1, 0.15) is 15.9 Å². The zero-order valence-electron chi connectivity index (χ0n) is 14.8. The molecule has 4 aromatic rings. The van der Waals surface area contributed by atoms with Crippen molar-refractivity contribution in [2.75, 3.05) is 5.32 Å². The highest BCUT2D eigenvalue weighted by Gasteiger charge is 2.19. The fourth-order valence-corrected chi connectivity index (χ4v) is 2.80. The number of hydrogen-bond acceptors (Lipinski definition) is 3. The second kappa shape index (κ2) is 7.25. The van der Waals surface area contributed by atoms with E-state index in [4.69, 9.17) is 0 Å². The van der Waals surface area contributed by atoms with Crippen LogP contribution in [0, 0.1) is 6.92 Å². The highest BCUT2D eigenvalue weighted by atomic mass is 16.1. The van der Waals surface area contributed by atoms with Gasteiger partial charge in [-0.1, -0.05) is 35.9 Å². The lowest BCUT2D eigenvalue weighted by Gasteiger charge is -2.05. The monoisotopic (exact) mass is 354 g/mol. The molecular weight excluding hydrogens is 336 g/mol. The van der Waals surface area contributed by atoms with Crippen molar-refractivity contribution < 1.29 is 4.79 Å². The summed E-state index contributed by atoms with van der Waals surface area (Å²) < 4.78 is 1.71. The van der Waals surface area contributed by atoms with Gasteiger partial charge in [0.2, 0.25) is 0 Å². The minimum Gasteiger partial charge on any atom is -0.322 e. The molecule has 2 aromatic heterocycles. The number of carbonyl (C=O) groups excluding carboxylic acids is 1. The number of anilines is 1. The van der Waals surface area contributed by atoms with Gasteiger partial charge in [-0.2, -0.15) is 5.10 Å². The SMILES string of the molecule is Cc1ccc(NC(=O)c2cn(-c3ccccc3)nc2-c2cccnc2)cc1. The Hall–Kier alpha value is -3.73. The summed E-state index contributed by atoms with van der Waals surface area (Å²) >= 11 is 0. The Labute approximate surface area is 157 Å². The van der Waals surface area contributed by atoms with Crippen molar-refractivity contribution in [3.63, 3.8) is 0 Å². The first kappa shape index (κ1) is 16.7. The number of aromatic nitrogens is 3. The van der Waals surface area contributed by atoms with Crippen LogP contribution in [0.25, 0.3) is 16.9 Å². The van der Waals surface area contributed by atoms with Gasteiger partial charge in [-0.15, -0.1) is 0 Å². The van der Waals surface area contributed by atoms with Gasteiger partial charge in [0.15, 0.2) is 0 Å². The van der Waals surface area contributed by atoms with Crippen molar-refractivity contribution >= 4 is 11.6 Å². The first-order valence-corrected chi connectivity index (χ1v) is 8.64. The molecule has 4 rings (SSSR count). The maximum absolute atomic E-state index is 13.0. The maximum atomic E-state index is 13.0. The molecule has 0 saturated carbocycles. The maximum Gasteiger partial charge on any atom is 0.259 e. The van der Waals surface area contributed by atoms with E-state index in [-0.39, 0.29) is 5.91 Å². The zero-order chi connectivity index (χ0) is 18.6. The molecule has 1 amide bonds. The molecule has 0 unspecified atom stereocenters. The summed E-state index contributed by atoms with van der Waals surface area (Å²) in [6.07, 6.45) is 5.16. The quantitative estimate of drug-likeness (QED) is 0.587. The fourth-order valence-electron chi connectivity index (χ4n) is 2.80. The van der Waals surface area contributed by atoms with Crippen molar-refractivity contribution in [3.8, 4) is 16.9 Å². The Kier molecular flexibility index (Phi) is 4.49. The van der Waals surface area contributed by atoms with E-state index in [2.05, 4.69) is 15.4 Å². The Morgan fingerprint density at radius 3 is 2.44 bits per heavy atom. The molecule has 27 heavy (non-hydrogen) atoms. The fraction of sp³-hybridized carbons (Fsp3) is 0.0455. The lowest BCUT2D eigenvalue weighted by molar-refractivity contribution is 0.102. The van der Waals surface area contributed by atoms with Gasteiger partial charge in [0.25, 0.3) is 5.91 Å². The third-order valence-corrected chi connectivity index (χ3v) is 4.22. The van der Waals surface area contributed by atoms with Crippen LogP contribution in [-0.4, -0.2) is 20.7 Å². The molecule has 5 nitrogen and oxygen atoms in total. The van der Waals surface area contributed by atoms with Crippen molar-refractivity contribution in [2.45, 2.75) is 6.92 Å². The normalized spacial score (nSPS) is 10.6. The first-order chi connectivity index (χ1) is 13.2. The largest absolute Gasteiger partial charge is 0.322 e. The average molecular weight is 354 g/mol. The number of nitrogens with zero attached hydrogens (tertiary/aromatic N) is 3. The molecule has 0 fully saturated rings. The lowest BCUT2D eigenvalue weighted by atomic mass is 10.1. The molecular formula is C22H18N4O.